The fourth-order valence-electron chi connectivity index (χ4n) is 1.18. The second kappa shape index (κ2) is 4.50. The smallest absolute Gasteiger partial charge is 0.0722 e. The van der Waals surface area contributed by atoms with Crippen molar-refractivity contribution in [2.24, 2.45) is 0 Å². The summed E-state index contributed by atoms with van der Waals surface area (Å²) in [6, 6.07) is 4.29. The van der Waals surface area contributed by atoms with Crippen LogP contribution in [-0.2, 0) is 5.41 Å². The van der Waals surface area contributed by atoms with E-state index in [0.29, 0.717) is 0 Å². The maximum atomic E-state index is 9.39. The van der Waals surface area contributed by atoms with Gasteiger partial charge in [0, 0.05) is 9.75 Å². The van der Waals surface area contributed by atoms with Crippen LogP contribution >= 0.6 is 11.3 Å². The van der Waals surface area contributed by atoms with Gasteiger partial charge in [-0.1, -0.05) is 20.8 Å². The topological polar surface area (TPSA) is 20.2 Å². The van der Waals surface area contributed by atoms with E-state index in [1.807, 2.05) is 6.92 Å². The highest BCUT2D eigenvalue weighted by Crippen LogP contribution is 2.30. The summed E-state index contributed by atoms with van der Waals surface area (Å²) in [7, 11) is 0. The van der Waals surface area contributed by atoms with Crippen LogP contribution in [0.4, 0.5) is 0 Å². The van der Waals surface area contributed by atoms with Crippen LogP contribution in [0.5, 0.6) is 0 Å². The Morgan fingerprint density at radius 3 is 2.40 bits per heavy atom. The zero-order valence-corrected chi connectivity index (χ0v) is 11.0. The molecule has 15 heavy (non-hydrogen) atoms. The third kappa shape index (κ3) is 3.47. The predicted molar refractivity (Wildman–Crippen MR) is 68.4 cm³/mol. The normalized spacial score (nSPS) is 15.5. The second-order valence-electron chi connectivity index (χ2n) is 5.02. The molecule has 0 aromatic carbocycles. The molecule has 1 aromatic heterocycles. The molecule has 1 nitrogen and oxygen atoms in total. The minimum atomic E-state index is -0.356. The molecule has 0 aliphatic carbocycles. The van der Waals surface area contributed by atoms with Gasteiger partial charge in [0.1, 0.15) is 0 Å². The fourth-order valence-corrected chi connectivity index (χ4v) is 2.26. The molecule has 1 rings (SSSR count). The summed E-state index contributed by atoms with van der Waals surface area (Å²) in [5, 5.41) is 9.39. The van der Waals surface area contributed by atoms with Gasteiger partial charge in [0.2, 0.25) is 0 Å². The van der Waals surface area contributed by atoms with Crippen LogP contribution in [0, 0.1) is 0 Å². The largest absolute Gasteiger partial charge is 0.389 e. The Morgan fingerprint density at radius 1 is 1.40 bits per heavy atom. The van der Waals surface area contributed by atoms with E-state index in [4.69, 9.17) is 0 Å². The number of rotatable bonds is 2. The molecule has 84 valence electrons. The van der Waals surface area contributed by atoms with Gasteiger partial charge in [0.05, 0.1) is 6.10 Å². The minimum Gasteiger partial charge on any atom is -0.389 e. The SMILES string of the molecule is C/C(=C\c1ccc(C(C)(C)C)s1)C(C)O. The Hall–Kier alpha value is -0.600. The lowest BCUT2D eigenvalue weighted by Crippen LogP contribution is -2.07. The van der Waals surface area contributed by atoms with Gasteiger partial charge in [0.25, 0.3) is 0 Å². The van der Waals surface area contributed by atoms with E-state index in [1.54, 1.807) is 18.3 Å². The first-order valence-electron chi connectivity index (χ1n) is 5.27. The van der Waals surface area contributed by atoms with Crippen LogP contribution in [0.25, 0.3) is 6.08 Å². The van der Waals surface area contributed by atoms with E-state index in [9.17, 15) is 5.11 Å². The molecule has 0 amide bonds. The highest BCUT2D eigenvalue weighted by Gasteiger charge is 2.15. The zero-order chi connectivity index (χ0) is 11.6. The molecule has 1 atom stereocenters. The molecule has 0 saturated heterocycles. The highest BCUT2D eigenvalue weighted by molar-refractivity contribution is 7.13. The highest BCUT2D eigenvalue weighted by atomic mass is 32.1. The summed E-state index contributed by atoms with van der Waals surface area (Å²) >= 11 is 1.80. The monoisotopic (exact) mass is 224 g/mol. The van der Waals surface area contributed by atoms with E-state index in [-0.39, 0.29) is 11.5 Å². The fraction of sp³-hybridized carbons (Fsp3) is 0.538. The van der Waals surface area contributed by atoms with Crippen LogP contribution in [0.15, 0.2) is 17.7 Å². The van der Waals surface area contributed by atoms with Crippen LogP contribution in [-0.4, -0.2) is 11.2 Å². The summed E-state index contributed by atoms with van der Waals surface area (Å²) in [6.45, 7) is 10.4. The van der Waals surface area contributed by atoms with Gasteiger partial charge in [-0.25, -0.2) is 0 Å². The van der Waals surface area contributed by atoms with E-state index in [2.05, 4.69) is 39.0 Å². The maximum absolute atomic E-state index is 9.39. The van der Waals surface area contributed by atoms with Crippen molar-refractivity contribution in [2.75, 3.05) is 0 Å². The van der Waals surface area contributed by atoms with Gasteiger partial charge >= 0.3 is 0 Å². The number of aliphatic hydroxyl groups excluding tert-OH is 1. The number of hydrogen-bond donors (Lipinski definition) is 1. The van der Waals surface area contributed by atoms with Crippen molar-refractivity contribution in [2.45, 2.75) is 46.1 Å². The first-order chi connectivity index (χ1) is 6.80. The van der Waals surface area contributed by atoms with Crippen molar-refractivity contribution in [3.8, 4) is 0 Å². The summed E-state index contributed by atoms with van der Waals surface area (Å²) in [6.07, 6.45) is 1.70. The summed E-state index contributed by atoms with van der Waals surface area (Å²) < 4.78 is 0. The Balaban J connectivity index is 2.91. The standard InChI is InChI=1S/C13H20OS/c1-9(10(2)14)8-11-6-7-12(15-11)13(3,4)5/h6-8,10,14H,1-5H3/b9-8+. The van der Waals surface area contributed by atoms with E-state index in [1.165, 1.54) is 9.75 Å². The van der Waals surface area contributed by atoms with Crippen LogP contribution < -0.4 is 0 Å². The van der Waals surface area contributed by atoms with Gasteiger partial charge < -0.3 is 5.11 Å². The molecule has 1 N–H and O–H groups in total. The third-order valence-electron chi connectivity index (χ3n) is 2.39. The van der Waals surface area contributed by atoms with Gasteiger partial charge in [-0.3, -0.25) is 0 Å². The molecule has 0 saturated carbocycles. The Labute approximate surface area is 96.5 Å². The van der Waals surface area contributed by atoms with Gasteiger partial charge in [0.15, 0.2) is 0 Å². The summed E-state index contributed by atoms with van der Waals surface area (Å²) in [4.78, 5) is 2.60. The first kappa shape index (κ1) is 12.5. The molecule has 1 unspecified atom stereocenters. The molecular weight excluding hydrogens is 204 g/mol. The van der Waals surface area contributed by atoms with E-state index < -0.39 is 0 Å². The molecular formula is C13H20OS. The molecule has 1 heterocycles. The van der Waals surface area contributed by atoms with Crippen molar-refractivity contribution in [1.82, 2.24) is 0 Å². The minimum absolute atomic E-state index is 0.218. The maximum Gasteiger partial charge on any atom is 0.0722 e. The quantitative estimate of drug-likeness (QED) is 0.809. The first-order valence-corrected chi connectivity index (χ1v) is 6.09. The van der Waals surface area contributed by atoms with Crippen LogP contribution in [0.3, 0.4) is 0 Å². The van der Waals surface area contributed by atoms with Crippen molar-refractivity contribution in [1.29, 1.82) is 0 Å². The van der Waals surface area contributed by atoms with Crippen molar-refractivity contribution in [3.63, 3.8) is 0 Å². The van der Waals surface area contributed by atoms with Crippen molar-refractivity contribution in [3.05, 3.63) is 27.5 Å². The van der Waals surface area contributed by atoms with Crippen molar-refractivity contribution < 1.29 is 5.11 Å². The Bertz CT molecular complexity index is 353. The number of aliphatic hydroxyl groups is 1. The molecule has 0 spiro atoms. The molecule has 0 fully saturated rings. The third-order valence-corrected chi connectivity index (χ3v) is 3.85. The molecule has 0 aliphatic rings. The molecule has 0 radical (unpaired) electrons. The molecule has 2 heteroatoms. The van der Waals surface area contributed by atoms with E-state index in [0.717, 1.165) is 5.57 Å². The second-order valence-corrected chi connectivity index (χ2v) is 6.13. The Kier molecular flexibility index (Phi) is 3.74. The average Bonchev–Trinajstić information content (AvgIpc) is 2.51. The number of thiophene rings is 1. The van der Waals surface area contributed by atoms with Gasteiger partial charge in [-0.05, 0) is 43.0 Å². The lowest BCUT2D eigenvalue weighted by Gasteiger charge is -2.15. The number of hydrogen-bond acceptors (Lipinski definition) is 2. The zero-order valence-electron chi connectivity index (χ0n) is 10.2. The van der Waals surface area contributed by atoms with E-state index >= 15 is 0 Å². The van der Waals surface area contributed by atoms with Gasteiger partial charge in [-0.15, -0.1) is 11.3 Å². The molecule has 0 bridgehead atoms. The molecule has 1 aromatic rings. The van der Waals surface area contributed by atoms with Crippen LogP contribution in [0.1, 0.15) is 44.4 Å². The predicted octanol–water partition coefficient (Wildman–Crippen LogP) is 3.83. The lowest BCUT2D eigenvalue weighted by atomic mass is 9.95. The molecule has 0 aliphatic heterocycles. The average molecular weight is 224 g/mol. The summed E-state index contributed by atoms with van der Waals surface area (Å²) in [5.74, 6) is 0. The lowest BCUT2D eigenvalue weighted by molar-refractivity contribution is 0.232. The summed E-state index contributed by atoms with van der Waals surface area (Å²) in [5.41, 5.74) is 1.23. The van der Waals surface area contributed by atoms with Gasteiger partial charge in [-0.2, -0.15) is 0 Å². The Morgan fingerprint density at radius 2 is 2.00 bits per heavy atom. The van der Waals surface area contributed by atoms with Crippen molar-refractivity contribution >= 4 is 17.4 Å². The van der Waals surface area contributed by atoms with Crippen LogP contribution in [0.2, 0.25) is 0 Å².